The Labute approximate surface area is 162 Å². The molecule has 1 amide bonds. The monoisotopic (exact) mass is 407 g/mol. The second kappa shape index (κ2) is 7.50. The van der Waals surface area contributed by atoms with Gasteiger partial charge in [0, 0.05) is 5.69 Å². The first-order valence-electron chi connectivity index (χ1n) is 8.45. The summed E-state index contributed by atoms with van der Waals surface area (Å²) in [4.78, 5) is 24.6. The molecule has 0 aliphatic heterocycles. The minimum atomic E-state index is -4.81. The molecule has 0 fully saturated rings. The summed E-state index contributed by atoms with van der Waals surface area (Å²) in [7, 11) is 0. The van der Waals surface area contributed by atoms with E-state index >= 15 is 0 Å². The minimum absolute atomic E-state index is 0.0665. The second-order valence-electron chi connectivity index (χ2n) is 6.45. The van der Waals surface area contributed by atoms with E-state index in [4.69, 9.17) is 4.42 Å². The van der Waals surface area contributed by atoms with Crippen molar-refractivity contribution in [1.82, 2.24) is 0 Å². The summed E-state index contributed by atoms with van der Waals surface area (Å²) in [6.45, 7) is 3.33. The summed E-state index contributed by atoms with van der Waals surface area (Å²) in [6, 6.07) is 7.71. The fraction of sp³-hybridized carbons (Fsp3) is 0.200. The number of amides is 1. The molecule has 3 aromatic rings. The van der Waals surface area contributed by atoms with Crippen LogP contribution in [0, 0.1) is 13.8 Å². The van der Waals surface area contributed by atoms with Gasteiger partial charge < -0.3 is 19.6 Å². The third-order valence-corrected chi connectivity index (χ3v) is 4.21. The van der Waals surface area contributed by atoms with Crippen molar-refractivity contribution in [2.45, 2.75) is 26.6 Å². The summed E-state index contributed by atoms with van der Waals surface area (Å²) in [6.07, 6.45) is -5.14. The number of phenolic OH excluding ortho intramolecular Hbond substituents is 1. The predicted molar refractivity (Wildman–Crippen MR) is 99.1 cm³/mol. The average Bonchev–Trinajstić information content (AvgIpc) is 2.58. The highest BCUT2D eigenvalue weighted by Crippen LogP contribution is 2.30. The second-order valence-corrected chi connectivity index (χ2v) is 6.45. The normalized spacial score (nSPS) is 11.5. The van der Waals surface area contributed by atoms with Crippen LogP contribution < -0.4 is 15.7 Å². The molecule has 0 aliphatic rings. The van der Waals surface area contributed by atoms with Crippen molar-refractivity contribution >= 4 is 22.6 Å². The molecule has 0 radical (unpaired) electrons. The zero-order valence-corrected chi connectivity index (χ0v) is 15.4. The van der Waals surface area contributed by atoms with Crippen LogP contribution in [0.4, 0.5) is 18.9 Å². The topological polar surface area (TPSA) is 88.8 Å². The van der Waals surface area contributed by atoms with Crippen molar-refractivity contribution in [3.05, 3.63) is 63.5 Å². The highest BCUT2D eigenvalue weighted by Gasteiger charge is 2.31. The number of anilines is 1. The number of aryl methyl sites for hydroxylation is 2. The molecular weight excluding hydrogens is 391 g/mol. The number of alkyl halides is 3. The van der Waals surface area contributed by atoms with Crippen molar-refractivity contribution in [3.8, 4) is 11.5 Å². The molecule has 0 bridgehead atoms. The Morgan fingerprint density at radius 1 is 1.17 bits per heavy atom. The van der Waals surface area contributed by atoms with E-state index in [0.29, 0.717) is 16.5 Å². The molecule has 0 saturated heterocycles. The lowest BCUT2D eigenvalue weighted by Crippen LogP contribution is -2.21. The Bertz CT molecular complexity index is 1130. The van der Waals surface area contributed by atoms with Crippen molar-refractivity contribution in [1.29, 1.82) is 0 Å². The third-order valence-electron chi connectivity index (χ3n) is 4.21. The molecule has 0 aliphatic carbocycles. The number of ether oxygens (including phenoxy) is 1. The van der Waals surface area contributed by atoms with E-state index in [-0.39, 0.29) is 29.0 Å². The van der Waals surface area contributed by atoms with Crippen LogP contribution in [0.15, 0.2) is 45.6 Å². The van der Waals surface area contributed by atoms with Crippen LogP contribution in [0.1, 0.15) is 16.7 Å². The summed E-state index contributed by atoms with van der Waals surface area (Å²) in [5.74, 6) is -1.06. The zero-order chi connectivity index (χ0) is 21.3. The van der Waals surface area contributed by atoms with E-state index in [1.807, 2.05) is 0 Å². The zero-order valence-electron chi connectivity index (χ0n) is 15.4. The van der Waals surface area contributed by atoms with E-state index < -0.39 is 23.6 Å². The van der Waals surface area contributed by atoms with E-state index in [2.05, 4.69) is 10.1 Å². The summed E-state index contributed by atoms with van der Waals surface area (Å²) in [5, 5.41) is 13.0. The molecular formula is C20H16F3NO5. The molecule has 9 heteroatoms. The number of rotatable bonds is 4. The maximum atomic E-state index is 12.3. The number of carbonyl (C=O) groups is 1. The van der Waals surface area contributed by atoms with Gasteiger partial charge in [0.25, 0.3) is 0 Å². The van der Waals surface area contributed by atoms with Crippen molar-refractivity contribution in [2.24, 2.45) is 0 Å². The largest absolute Gasteiger partial charge is 0.573 e. The van der Waals surface area contributed by atoms with Gasteiger partial charge in [-0.05, 0) is 61.4 Å². The number of fused-ring (bicyclic) bond motifs is 1. The van der Waals surface area contributed by atoms with Crippen molar-refractivity contribution < 1.29 is 32.2 Å². The van der Waals surface area contributed by atoms with Gasteiger partial charge in [-0.1, -0.05) is 0 Å². The van der Waals surface area contributed by atoms with Gasteiger partial charge in [0.15, 0.2) is 0 Å². The van der Waals surface area contributed by atoms with E-state index in [1.165, 1.54) is 18.2 Å². The number of aromatic hydroxyl groups is 1. The molecule has 0 spiro atoms. The Morgan fingerprint density at radius 3 is 2.45 bits per heavy atom. The predicted octanol–water partition coefficient (Wildman–Crippen LogP) is 4.20. The van der Waals surface area contributed by atoms with Gasteiger partial charge in [-0.3, -0.25) is 4.79 Å². The summed E-state index contributed by atoms with van der Waals surface area (Å²) < 4.78 is 45.5. The summed E-state index contributed by atoms with van der Waals surface area (Å²) in [5.41, 5.74) is 0.939. The average molecular weight is 407 g/mol. The van der Waals surface area contributed by atoms with Gasteiger partial charge in [0.2, 0.25) is 5.91 Å². The lowest BCUT2D eigenvalue weighted by Gasteiger charge is -2.11. The Balaban J connectivity index is 1.80. The smallest absolute Gasteiger partial charge is 0.507 e. The van der Waals surface area contributed by atoms with Gasteiger partial charge >= 0.3 is 12.0 Å². The van der Waals surface area contributed by atoms with Gasteiger partial charge in [-0.2, -0.15) is 0 Å². The van der Waals surface area contributed by atoms with Crippen LogP contribution in [0.2, 0.25) is 0 Å². The first-order chi connectivity index (χ1) is 13.5. The first-order valence-corrected chi connectivity index (χ1v) is 8.45. The number of halogens is 3. The maximum absolute atomic E-state index is 12.3. The lowest BCUT2D eigenvalue weighted by atomic mass is 10.0. The van der Waals surface area contributed by atoms with Crippen LogP contribution in [0.5, 0.6) is 11.5 Å². The number of hydrogen-bond acceptors (Lipinski definition) is 5. The van der Waals surface area contributed by atoms with Gasteiger partial charge in [-0.15, -0.1) is 13.2 Å². The number of phenols is 1. The maximum Gasteiger partial charge on any atom is 0.573 e. The molecule has 152 valence electrons. The molecule has 2 aromatic carbocycles. The molecule has 29 heavy (non-hydrogen) atoms. The molecule has 0 atom stereocenters. The highest BCUT2D eigenvalue weighted by atomic mass is 19.4. The van der Waals surface area contributed by atoms with E-state index in [9.17, 15) is 27.9 Å². The van der Waals surface area contributed by atoms with Crippen LogP contribution in [-0.2, 0) is 11.2 Å². The Kier molecular flexibility index (Phi) is 5.23. The molecule has 6 nitrogen and oxygen atoms in total. The van der Waals surface area contributed by atoms with Crippen LogP contribution in [0.3, 0.4) is 0 Å². The van der Waals surface area contributed by atoms with Crippen molar-refractivity contribution in [2.75, 3.05) is 5.32 Å². The number of hydrogen-bond donors (Lipinski definition) is 2. The molecule has 2 N–H and O–H groups in total. The molecule has 0 saturated carbocycles. The quantitative estimate of drug-likeness (QED) is 0.633. The first kappa shape index (κ1) is 20.2. The fourth-order valence-corrected chi connectivity index (χ4v) is 2.97. The molecule has 3 rings (SSSR count). The molecule has 1 heterocycles. The fourth-order valence-electron chi connectivity index (χ4n) is 2.97. The lowest BCUT2D eigenvalue weighted by molar-refractivity contribution is -0.274. The van der Waals surface area contributed by atoms with Crippen LogP contribution >= 0.6 is 0 Å². The van der Waals surface area contributed by atoms with Gasteiger partial charge in [0.05, 0.1) is 17.4 Å². The Morgan fingerprint density at radius 2 is 1.83 bits per heavy atom. The Hall–Kier alpha value is -3.49. The number of benzene rings is 2. The van der Waals surface area contributed by atoms with Crippen LogP contribution in [0.25, 0.3) is 11.0 Å². The third kappa shape index (κ3) is 4.68. The van der Waals surface area contributed by atoms with Crippen molar-refractivity contribution in [3.63, 3.8) is 0 Å². The van der Waals surface area contributed by atoms with E-state index in [0.717, 1.165) is 12.1 Å². The highest BCUT2D eigenvalue weighted by molar-refractivity contribution is 5.94. The van der Waals surface area contributed by atoms with Gasteiger partial charge in [0.1, 0.15) is 17.1 Å². The number of nitrogens with one attached hydrogen (secondary N) is 1. The molecule has 0 unspecified atom stereocenters. The summed E-state index contributed by atoms with van der Waals surface area (Å²) >= 11 is 0. The van der Waals surface area contributed by atoms with Crippen LogP contribution in [-0.4, -0.2) is 17.4 Å². The minimum Gasteiger partial charge on any atom is -0.507 e. The molecule has 1 aromatic heterocycles. The van der Waals surface area contributed by atoms with E-state index in [1.54, 1.807) is 19.9 Å². The SMILES string of the molecule is Cc1cc(O)c2c(C)c(CC(=O)Nc3ccc(OC(F)(F)F)cc3)c(=O)oc2c1. The van der Waals surface area contributed by atoms with Gasteiger partial charge in [-0.25, -0.2) is 4.79 Å². The number of carbonyl (C=O) groups excluding carboxylic acids is 1. The standard InChI is InChI=1S/C20H16F3NO5/c1-10-7-15(25)18-11(2)14(19(27)28-16(18)8-10)9-17(26)24-12-3-5-13(6-4-12)29-20(21,22)23/h3-8,25H,9H2,1-2H3,(H,24,26).